The van der Waals surface area contributed by atoms with Gasteiger partial charge in [0.25, 0.3) is 0 Å². The Labute approximate surface area is 177 Å². The SMILES string of the molecule is CC1(C)SC2C(NC(=O)CCCSc3ccc(CCl)cc3)C(=O)N2C1C(=O)O. The maximum atomic E-state index is 12.4. The lowest BCUT2D eigenvalue weighted by atomic mass is 9.96. The molecule has 3 atom stereocenters. The Morgan fingerprint density at radius 1 is 1.32 bits per heavy atom. The zero-order valence-corrected chi connectivity index (χ0v) is 18.1. The summed E-state index contributed by atoms with van der Waals surface area (Å²) in [6.07, 6.45) is 1.03. The minimum atomic E-state index is -1.01. The smallest absolute Gasteiger partial charge is 0.327 e. The van der Waals surface area contributed by atoms with Gasteiger partial charge in [0.2, 0.25) is 11.8 Å². The van der Waals surface area contributed by atoms with Crippen molar-refractivity contribution in [1.82, 2.24) is 10.2 Å². The Hall–Kier alpha value is -1.38. The van der Waals surface area contributed by atoms with Crippen molar-refractivity contribution in [2.45, 2.75) is 59.7 Å². The number of β-lactam (4-membered cyclic amide) rings is 1. The van der Waals surface area contributed by atoms with Crippen LogP contribution in [0.25, 0.3) is 0 Å². The summed E-state index contributed by atoms with van der Waals surface area (Å²) >= 11 is 8.88. The second-order valence-electron chi connectivity index (χ2n) is 7.37. The van der Waals surface area contributed by atoms with Crippen LogP contribution in [0.5, 0.6) is 0 Å². The predicted molar refractivity (Wildman–Crippen MR) is 112 cm³/mol. The number of hydrogen-bond acceptors (Lipinski definition) is 5. The van der Waals surface area contributed by atoms with Crippen molar-refractivity contribution in [3.05, 3.63) is 29.8 Å². The van der Waals surface area contributed by atoms with Gasteiger partial charge in [0.15, 0.2) is 0 Å². The number of carboxylic acids is 1. The zero-order chi connectivity index (χ0) is 20.5. The number of fused-ring (bicyclic) bond motifs is 1. The fourth-order valence-electron chi connectivity index (χ4n) is 3.49. The number of thioether (sulfide) groups is 2. The standard InChI is InChI=1S/C19H23ClN2O4S2/c1-19(2)15(18(25)26)22-16(24)14(17(22)28-19)21-13(23)4-3-9-27-12-7-5-11(10-20)6-8-12/h5-8,14-15,17H,3-4,9-10H2,1-2H3,(H,21,23)(H,25,26). The maximum Gasteiger partial charge on any atom is 0.327 e. The van der Waals surface area contributed by atoms with E-state index < -0.39 is 22.8 Å². The van der Waals surface area contributed by atoms with Crippen LogP contribution in [0, 0.1) is 0 Å². The van der Waals surface area contributed by atoms with E-state index in [0.717, 1.165) is 16.2 Å². The highest BCUT2D eigenvalue weighted by molar-refractivity contribution is 8.01. The summed E-state index contributed by atoms with van der Waals surface area (Å²) in [4.78, 5) is 38.6. The van der Waals surface area contributed by atoms with E-state index in [0.29, 0.717) is 18.7 Å². The third-order valence-electron chi connectivity index (χ3n) is 4.89. The van der Waals surface area contributed by atoms with E-state index in [4.69, 9.17) is 11.6 Å². The third kappa shape index (κ3) is 4.28. The molecule has 2 aliphatic heterocycles. The highest BCUT2D eigenvalue weighted by Gasteiger charge is 2.64. The largest absolute Gasteiger partial charge is 0.480 e. The first-order chi connectivity index (χ1) is 13.2. The summed E-state index contributed by atoms with van der Waals surface area (Å²) < 4.78 is -0.582. The van der Waals surface area contributed by atoms with Gasteiger partial charge in [-0.15, -0.1) is 35.1 Å². The Balaban J connectivity index is 1.43. The average molecular weight is 443 g/mol. The van der Waals surface area contributed by atoms with Gasteiger partial charge in [-0.3, -0.25) is 9.59 Å². The number of carboxylic acid groups (broad SMARTS) is 1. The molecule has 2 fully saturated rings. The third-order valence-corrected chi connectivity index (χ3v) is 7.86. The molecule has 1 aromatic rings. The molecule has 3 rings (SSSR count). The number of rotatable bonds is 8. The number of amides is 2. The molecular weight excluding hydrogens is 420 g/mol. The summed E-state index contributed by atoms with van der Waals surface area (Å²) in [7, 11) is 0. The number of aliphatic carboxylic acids is 1. The number of nitrogens with zero attached hydrogens (tertiary/aromatic N) is 1. The lowest BCUT2D eigenvalue weighted by Gasteiger charge is -2.43. The van der Waals surface area contributed by atoms with E-state index in [1.807, 2.05) is 38.1 Å². The Morgan fingerprint density at radius 2 is 2.00 bits per heavy atom. The summed E-state index contributed by atoms with van der Waals surface area (Å²) in [5, 5.41) is 11.9. The molecular formula is C19H23ClN2O4S2. The molecule has 0 bridgehead atoms. The van der Waals surface area contributed by atoms with Crippen LogP contribution < -0.4 is 5.32 Å². The van der Waals surface area contributed by atoms with E-state index in [1.165, 1.54) is 16.7 Å². The van der Waals surface area contributed by atoms with Crippen LogP contribution in [0.1, 0.15) is 32.3 Å². The van der Waals surface area contributed by atoms with E-state index in [-0.39, 0.29) is 17.2 Å². The molecule has 0 spiro atoms. The summed E-state index contributed by atoms with van der Waals surface area (Å²) in [6.45, 7) is 3.63. The molecule has 0 aromatic heterocycles. The normalized spacial score (nSPS) is 25.2. The second kappa shape index (κ2) is 8.55. The van der Waals surface area contributed by atoms with Crippen molar-refractivity contribution >= 4 is 52.9 Å². The van der Waals surface area contributed by atoms with Crippen LogP contribution in [0.4, 0.5) is 0 Å². The molecule has 2 saturated heterocycles. The zero-order valence-electron chi connectivity index (χ0n) is 15.7. The Bertz CT molecular complexity index is 772. The quantitative estimate of drug-likeness (QED) is 0.278. The first-order valence-corrected chi connectivity index (χ1v) is 11.4. The van der Waals surface area contributed by atoms with Crippen LogP contribution in [0.3, 0.4) is 0 Å². The predicted octanol–water partition coefficient (Wildman–Crippen LogP) is 2.93. The monoisotopic (exact) mass is 442 g/mol. The number of alkyl halides is 1. The first-order valence-electron chi connectivity index (χ1n) is 9.04. The average Bonchev–Trinajstić information content (AvgIpc) is 2.92. The summed E-state index contributed by atoms with van der Waals surface area (Å²) in [5.74, 6) is -0.198. The van der Waals surface area contributed by atoms with Crippen LogP contribution in [0.15, 0.2) is 29.2 Å². The van der Waals surface area contributed by atoms with Gasteiger partial charge in [-0.2, -0.15) is 0 Å². The number of carbonyl (C=O) groups excluding carboxylic acids is 2. The summed E-state index contributed by atoms with van der Waals surface area (Å²) in [6, 6.07) is 6.52. The number of benzene rings is 1. The molecule has 2 amide bonds. The Morgan fingerprint density at radius 3 is 2.61 bits per heavy atom. The minimum Gasteiger partial charge on any atom is -0.480 e. The van der Waals surface area contributed by atoms with Gasteiger partial charge in [-0.25, -0.2) is 4.79 Å². The van der Waals surface area contributed by atoms with E-state index in [9.17, 15) is 19.5 Å². The van der Waals surface area contributed by atoms with Crippen LogP contribution in [0.2, 0.25) is 0 Å². The minimum absolute atomic E-state index is 0.173. The van der Waals surface area contributed by atoms with Crippen molar-refractivity contribution in [2.75, 3.05) is 5.75 Å². The van der Waals surface area contributed by atoms with Gasteiger partial charge in [0, 0.05) is 21.9 Å². The topological polar surface area (TPSA) is 86.7 Å². The maximum absolute atomic E-state index is 12.4. The van der Waals surface area contributed by atoms with Gasteiger partial charge in [-0.1, -0.05) is 12.1 Å². The van der Waals surface area contributed by atoms with Gasteiger partial charge in [0.05, 0.1) is 0 Å². The van der Waals surface area contributed by atoms with Crippen molar-refractivity contribution in [3.8, 4) is 0 Å². The van der Waals surface area contributed by atoms with E-state index >= 15 is 0 Å². The van der Waals surface area contributed by atoms with Crippen molar-refractivity contribution < 1.29 is 19.5 Å². The molecule has 1 aromatic carbocycles. The number of halogens is 1. The van der Waals surface area contributed by atoms with E-state index in [2.05, 4.69) is 5.32 Å². The van der Waals surface area contributed by atoms with Crippen molar-refractivity contribution in [1.29, 1.82) is 0 Å². The van der Waals surface area contributed by atoms with Crippen molar-refractivity contribution in [3.63, 3.8) is 0 Å². The fraction of sp³-hybridized carbons (Fsp3) is 0.526. The van der Waals surface area contributed by atoms with Gasteiger partial charge in [-0.05, 0) is 43.7 Å². The molecule has 28 heavy (non-hydrogen) atoms. The highest BCUT2D eigenvalue weighted by Crippen LogP contribution is 2.50. The lowest BCUT2D eigenvalue weighted by Crippen LogP contribution is -2.70. The Kier molecular flexibility index (Phi) is 6.51. The molecule has 2 aliphatic rings. The molecule has 2 N–H and O–H groups in total. The molecule has 2 heterocycles. The lowest BCUT2D eigenvalue weighted by molar-refractivity contribution is -0.161. The fourth-order valence-corrected chi connectivity index (χ4v) is 6.15. The molecule has 9 heteroatoms. The second-order valence-corrected chi connectivity index (χ2v) is 10.6. The van der Waals surface area contributed by atoms with Gasteiger partial charge in [0.1, 0.15) is 17.5 Å². The van der Waals surface area contributed by atoms with Crippen molar-refractivity contribution in [2.24, 2.45) is 0 Å². The highest BCUT2D eigenvalue weighted by atomic mass is 35.5. The molecule has 0 saturated carbocycles. The molecule has 0 radical (unpaired) electrons. The molecule has 0 aliphatic carbocycles. The van der Waals surface area contributed by atoms with Crippen LogP contribution >= 0.6 is 35.1 Å². The molecule has 152 valence electrons. The first kappa shape index (κ1) is 21.3. The van der Waals surface area contributed by atoms with Crippen LogP contribution in [-0.4, -0.2) is 55.7 Å². The van der Waals surface area contributed by atoms with Crippen LogP contribution in [-0.2, 0) is 20.3 Å². The van der Waals surface area contributed by atoms with E-state index in [1.54, 1.807) is 11.8 Å². The number of nitrogens with one attached hydrogen (secondary N) is 1. The summed E-state index contributed by atoms with van der Waals surface area (Å²) in [5.41, 5.74) is 1.07. The molecule has 6 nitrogen and oxygen atoms in total. The number of carbonyl (C=O) groups is 3. The van der Waals surface area contributed by atoms with Gasteiger partial charge >= 0.3 is 5.97 Å². The number of hydrogen-bond donors (Lipinski definition) is 2. The van der Waals surface area contributed by atoms with Gasteiger partial charge < -0.3 is 15.3 Å². The molecule has 3 unspecified atom stereocenters.